The summed E-state index contributed by atoms with van der Waals surface area (Å²) in [5.41, 5.74) is 10.3. The molecule has 0 radical (unpaired) electrons. The molecule has 0 amide bonds. The number of hydrogen-bond donors (Lipinski definition) is 3. The Hall–Kier alpha value is -2.94. The predicted octanol–water partition coefficient (Wildman–Crippen LogP) is 17.5. The normalized spacial score (nSPS) is 20.2. The fourth-order valence-electron chi connectivity index (χ4n) is 10.0. The van der Waals surface area contributed by atoms with Gasteiger partial charge in [0, 0.05) is 0 Å². The van der Waals surface area contributed by atoms with Crippen molar-refractivity contribution in [1.82, 2.24) is 0 Å². The first-order chi connectivity index (χ1) is 27.7. The van der Waals surface area contributed by atoms with E-state index in [1.54, 1.807) is 0 Å². The molecule has 0 bridgehead atoms. The van der Waals surface area contributed by atoms with Crippen LogP contribution < -0.4 is 0 Å². The number of rotatable bonds is 6. The first-order valence-corrected chi connectivity index (χ1v) is 24.3. The quantitative estimate of drug-likeness (QED) is 0.231. The van der Waals surface area contributed by atoms with Crippen LogP contribution >= 0.6 is 0 Å². The van der Waals surface area contributed by atoms with Gasteiger partial charge in [-0.2, -0.15) is 0 Å². The van der Waals surface area contributed by atoms with Gasteiger partial charge in [-0.25, -0.2) is 0 Å². The van der Waals surface area contributed by atoms with Crippen LogP contribution in [0.1, 0.15) is 248 Å². The van der Waals surface area contributed by atoms with E-state index in [1.807, 2.05) is 0 Å². The predicted molar refractivity (Wildman–Crippen MR) is 278 cm³/mol. The summed E-state index contributed by atoms with van der Waals surface area (Å²) in [4.78, 5) is 0. The standard InChI is InChI=1S/C36H56O2.C22H36O.2CH4/c1-33(2,3)27-19-25(20-28(31(27)37)34(4,5)6)17-23-13-15-24(16-14-23)18-26-21-29(35(7,8)9)32(38)30(22-26)36(10,11)12;1-15-8-10-16(11-9-15)12-17-13-18(21(2,3)4)20(23)19(14-17)22(5,6)7;;/h19-24,37-38H,13-18H2,1-12H3;13-16,23H,8-12H2,1-7H3;2*1H4. The van der Waals surface area contributed by atoms with Crippen LogP contribution in [0.25, 0.3) is 0 Å². The number of hydrogen-bond acceptors (Lipinski definition) is 3. The van der Waals surface area contributed by atoms with Crippen molar-refractivity contribution in [3.8, 4) is 17.2 Å². The molecule has 3 N–H and O–H groups in total. The molecule has 0 aliphatic heterocycles. The van der Waals surface area contributed by atoms with E-state index >= 15 is 0 Å². The minimum absolute atomic E-state index is 0. The molecule has 3 heteroatoms. The molecule has 358 valence electrons. The maximum Gasteiger partial charge on any atom is 0.123 e. The van der Waals surface area contributed by atoms with E-state index in [9.17, 15) is 15.3 Å². The molecule has 63 heavy (non-hydrogen) atoms. The highest BCUT2D eigenvalue weighted by Gasteiger charge is 2.31. The monoisotopic (exact) mass is 869 g/mol. The Morgan fingerprint density at radius 1 is 0.333 bits per heavy atom. The summed E-state index contributed by atoms with van der Waals surface area (Å²) < 4.78 is 0. The van der Waals surface area contributed by atoms with Crippen LogP contribution in [0.15, 0.2) is 36.4 Å². The van der Waals surface area contributed by atoms with Crippen molar-refractivity contribution in [3.05, 3.63) is 86.5 Å². The minimum Gasteiger partial charge on any atom is -0.507 e. The van der Waals surface area contributed by atoms with E-state index in [0.717, 1.165) is 58.1 Å². The smallest absolute Gasteiger partial charge is 0.123 e. The summed E-state index contributed by atoms with van der Waals surface area (Å²) in [5.74, 6) is 4.59. The van der Waals surface area contributed by atoms with Crippen molar-refractivity contribution in [2.75, 3.05) is 0 Å². The number of aromatic hydroxyl groups is 3. The van der Waals surface area contributed by atoms with Crippen LogP contribution in [0.2, 0.25) is 0 Å². The highest BCUT2D eigenvalue weighted by atomic mass is 16.3. The summed E-state index contributed by atoms with van der Waals surface area (Å²) in [7, 11) is 0. The van der Waals surface area contributed by atoms with Gasteiger partial charge in [-0.05, 0) is 164 Å². The average molecular weight is 869 g/mol. The van der Waals surface area contributed by atoms with E-state index in [2.05, 4.69) is 168 Å². The molecular weight excluding hydrogens is 769 g/mol. The first-order valence-electron chi connectivity index (χ1n) is 24.3. The van der Waals surface area contributed by atoms with Gasteiger partial charge < -0.3 is 15.3 Å². The van der Waals surface area contributed by atoms with Gasteiger partial charge in [-0.15, -0.1) is 0 Å². The molecule has 2 aliphatic carbocycles. The second kappa shape index (κ2) is 20.7. The summed E-state index contributed by atoms with van der Waals surface area (Å²) in [6.07, 6.45) is 13.9. The zero-order valence-electron chi connectivity index (χ0n) is 42.9. The third-order valence-electron chi connectivity index (χ3n) is 14.0. The minimum atomic E-state index is -0.0836. The van der Waals surface area contributed by atoms with Gasteiger partial charge in [0.05, 0.1) is 0 Å². The molecule has 3 nitrogen and oxygen atoms in total. The molecule has 0 aromatic heterocycles. The van der Waals surface area contributed by atoms with Crippen molar-refractivity contribution < 1.29 is 15.3 Å². The van der Waals surface area contributed by atoms with Crippen LogP contribution in [0.5, 0.6) is 17.2 Å². The van der Waals surface area contributed by atoms with Crippen LogP contribution in [-0.2, 0) is 51.8 Å². The SMILES string of the molecule is C.C.CC(C)(C)c1cc(CC2CCC(Cc3cc(C(C)(C)C)c(O)c(C(C)(C)C)c3)CC2)cc(C(C)(C)C)c1O.CC1CCC(Cc2cc(C(C)(C)C)c(O)c(C(C)(C)C)c2)CC1. The number of benzene rings is 3. The Morgan fingerprint density at radius 2 is 0.492 bits per heavy atom. The zero-order chi connectivity index (χ0) is 46.3. The fraction of sp³-hybridized carbons (Fsp3) is 0.700. The number of phenolic OH excluding ortho intramolecular Hbond substituents is 3. The van der Waals surface area contributed by atoms with E-state index in [4.69, 9.17) is 0 Å². The Bertz CT molecular complexity index is 1720. The lowest BCUT2D eigenvalue weighted by Crippen LogP contribution is -2.21. The maximum atomic E-state index is 11.1. The van der Waals surface area contributed by atoms with Crippen LogP contribution in [0, 0.1) is 23.7 Å². The third-order valence-corrected chi connectivity index (χ3v) is 14.0. The van der Waals surface area contributed by atoms with Crippen LogP contribution in [-0.4, -0.2) is 15.3 Å². The fourth-order valence-corrected chi connectivity index (χ4v) is 10.0. The van der Waals surface area contributed by atoms with Gasteiger partial charge >= 0.3 is 0 Å². The average Bonchev–Trinajstić information content (AvgIpc) is 3.09. The molecule has 0 unspecified atom stereocenters. The number of phenols is 3. The molecule has 3 aromatic rings. The summed E-state index contributed by atoms with van der Waals surface area (Å²) >= 11 is 0. The van der Waals surface area contributed by atoms with Crippen molar-refractivity contribution in [2.45, 2.75) is 250 Å². The zero-order valence-corrected chi connectivity index (χ0v) is 42.9. The summed E-state index contributed by atoms with van der Waals surface area (Å²) in [6.45, 7) is 41.9. The van der Waals surface area contributed by atoms with Crippen LogP contribution in [0.3, 0.4) is 0 Å². The molecule has 0 saturated heterocycles. The Kier molecular flexibility index (Phi) is 18.5. The van der Waals surface area contributed by atoms with Crippen molar-refractivity contribution in [3.63, 3.8) is 0 Å². The second-order valence-electron chi connectivity index (χ2n) is 26.2. The van der Waals surface area contributed by atoms with Gasteiger partial charge in [0.1, 0.15) is 17.2 Å². The summed E-state index contributed by atoms with van der Waals surface area (Å²) in [6, 6.07) is 13.6. The molecule has 5 rings (SSSR count). The largest absolute Gasteiger partial charge is 0.507 e. The van der Waals surface area contributed by atoms with Gasteiger partial charge in [-0.1, -0.05) is 196 Å². The van der Waals surface area contributed by atoms with E-state index < -0.39 is 0 Å². The molecule has 2 fully saturated rings. The Morgan fingerprint density at radius 3 is 0.651 bits per heavy atom. The summed E-state index contributed by atoms with van der Waals surface area (Å²) in [5, 5.41) is 33.0. The first kappa shape index (κ1) is 56.2. The van der Waals surface area contributed by atoms with Crippen LogP contribution in [0.4, 0.5) is 0 Å². The molecular formula is C60H100O3. The molecule has 2 aliphatic rings. The van der Waals surface area contributed by atoms with Crippen molar-refractivity contribution in [1.29, 1.82) is 0 Å². The van der Waals surface area contributed by atoms with E-state index in [1.165, 1.54) is 74.5 Å². The van der Waals surface area contributed by atoms with Gasteiger partial charge in [0.2, 0.25) is 0 Å². The Balaban J connectivity index is 0.000000469. The highest BCUT2D eigenvalue weighted by molar-refractivity contribution is 5.52. The lowest BCUT2D eigenvalue weighted by Gasteiger charge is -2.32. The topological polar surface area (TPSA) is 60.7 Å². The molecule has 0 spiro atoms. The van der Waals surface area contributed by atoms with Crippen molar-refractivity contribution >= 4 is 0 Å². The second-order valence-corrected chi connectivity index (χ2v) is 26.2. The van der Waals surface area contributed by atoms with Gasteiger partial charge in [0.15, 0.2) is 0 Å². The van der Waals surface area contributed by atoms with Gasteiger partial charge in [0.25, 0.3) is 0 Å². The molecule has 0 atom stereocenters. The maximum absolute atomic E-state index is 11.1. The lowest BCUT2D eigenvalue weighted by atomic mass is 9.73. The molecule has 3 aromatic carbocycles. The molecule has 2 saturated carbocycles. The highest BCUT2D eigenvalue weighted by Crippen LogP contribution is 2.45. The lowest BCUT2D eigenvalue weighted by molar-refractivity contribution is 0.272. The third kappa shape index (κ3) is 15.0. The van der Waals surface area contributed by atoms with E-state index in [-0.39, 0.29) is 47.3 Å². The van der Waals surface area contributed by atoms with E-state index in [0.29, 0.717) is 29.1 Å². The Labute approximate surface area is 390 Å². The van der Waals surface area contributed by atoms with Crippen molar-refractivity contribution in [2.24, 2.45) is 23.7 Å². The molecule has 0 heterocycles. The van der Waals surface area contributed by atoms with Gasteiger partial charge in [-0.3, -0.25) is 0 Å².